The van der Waals surface area contributed by atoms with Crippen molar-refractivity contribution < 1.29 is 0 Å². The highest BCUT2D eigenvalue weighted by Crippen LogP contribution is 2.39. The molecular weight excluding hydrogens is 336 g/mol. The van der Waals surface area contributed by atoms with Crippen LogP contribution < -0.4 is 5.73 Å². The van der Waals surface area contributed by atoms with Crippen molar-refractivity contribution in [1.29, 1.82) is 0 Å². The number of nitrogen functional groups attached to an aromatic ring is 1. The summed E-state index contributed by atoms with van der Waals surface area (Å²) in [7, 11) is 0. The van der Waals surface area contributed by atoms with Gasteiger partial charge in [0, 0.05) is 17.5 Å². The van der Waals surface area contributed by atoms with Crippen LogP contribution in [0.25, 0.3) is 28.2 Å². The Labute approximate surface area is 148 Å². The number of hydrogen-bond acceptors (Lipinski definition) is 4. The molecule has 1 fully saturated rings. The molecule has 5 rings (SSSR count). The Bertz CT molecular complexity index is 1070. The van der Waals surface area contributed by atoms with Crippen LogP contribution in [-0.2, 0) is 0 Å². The van der Waals surface area contributed by atoms with E-state index >= 15 is 0 Å². The quantitative estimate of drug-likeness (QED) is 0.586. The molecule has 0 unspecified atom stereocenters. The summed E-state index contributed by atoms with van der Waals surface area (Å²) in [5.41, 5.74) is 11.0. The van der Waals surface area contributed by atoms with Crippen LogP contribution in [0.5, 0.6) is 0 Å². The van der Waals surface area contributed by atoms with E-state index in [-0.39, 0.29) is 0 Å². The Morgan fingerprint density at radius 2 is 1.84 bits per heavy atom. The second kappa shape index (κ2) is 5.32. The van der Waals surface area contributed by atoms with Crippen molar-refractivity contribution >= 4 is 22.9 Å². The molecule has 1 aromatic carbocycles. The molecule has 3 heterocycles. The number of nitrogens with two attached hydrogens (primary N) is 1. The van der Waals surface area contributed by atoms with Gasteiger partial charge in [0.25, 0.3) is 0 Å². The largest absolute Gasteiger partial charge is 0.396 e. The molecule has 0 saturated heterocycles. The molecule has 0 radical (unpaired) electrons. The van der Waals surface area contributed by atoms with Gasteiger partial charge in [0.15, 0.2) is 10.8 Å². The summed E-state index contributed by atoms with van der Waals surface area (Å²) in [6, 6.07) is 9.80. The normalized spacial score (nSPS) is 14.3. The summed E-state index contributed by atoms with van der Waals surface area (Å²) in [5.74, 6) is 1.71. The van der Waals surface area contributed by atoms with Crippen LogP contribution in [0.4, 0.5) is 5.69 Å². The molecule has 1 saturated carbocycles. The van der Waals surface area contributed by atoms with E-state index in [1.807, 2.05) is 18.3 Å². The van der Waals surface area contributed by atoms with Crippen LogP contribution in [0.3, 0.4) is 0 Å². The fourth-order valence-electron chi connectivity index (χ4n) is 3.03. The minimum absolute atomic E-state index is 0.339. The molecule has 4 aromatic rings. The van der Waals surface area contributed by atoms with Gasteiger partial charge in [-0.15, -0.1) is 0 Å². The third kappa shape index (κ3) is 2.46. The number of benzene rings is 1. The number of fused-ring (bicyclic) bond motifs is 1. The molecule has 3 N–H and O–H groups in total. The third-order valence-electron chi connectivity index (χ3n) is 4.52. The lowest BCUT2D eigenvalue weighted by atomic mass is 10.1. The van der Waals surface area contributed by atoms with Gasteiger partial charge < -0.3 is 10.7 Å². The van der Waals surface area contributed by atoms with Crippen LogP contribution in [0.15, 0.2) is 42.7 Å². The number of nitrogens with zero attached hydrogens (tertiary/aromatic N) is 4. The average Bonchev–Trinajstić information content (AvgIpc) is 3.18. The third-order valence-corrected chi connectivity index (χ3v) is 4.70. The molecular formula is C18H15ClN6. The van der Waals surface area contributed by atoms with Crippen molar-refractivity contribution in [2.45, 2.75) is 18.8 Å². The smallest absolute Gasteiger partial charge is 0.177 e. The number of imidazole rings is 2. The highest BCUT2D eigenvalue weighted by molar-refractivity contribution is 6.29. The molecule has 3 aromatic heterocycles. The zero-order chi connectivity index (χ0) is 17.0. The topological polar surface area (TPSA) is 84.9 Å². The molecule has 0 aliphatic heterocycles. The van der Waals surface area contributed by atoms with Gasteiger partial charge in [0.05, 0.1) is 29.5 Å². The van der Waals surface area contributed by atoms with Gasteiger partial charge in [-0.2, -0.15) is 5.10 Å². The molecule has 1 aliphatic carbocycles. The van der Waals surface area contributed by atoms with E-state index in [0.29, 0.717) is 22.4 Å². The molecule has 25 heavy (non-hydrogen) atoms. The summed E-state index contributed by atoms with van der Waals surface area (Å²) in [6.45, 7) is 0. The molecule has 0 atom stereocenters. The molecule has 6 nitrogen and oxygen atoms in total. The number of H-pyrrole nitrogens is 1. The highest BCUT2D eigenvalue weighted by Gasteiger charge is 2.26. The Hall–Kier alpha value is -2.86. The first-order valence-electron chi connectivity index (χ1n) is 8.14. The summed E-state index contributed by atoms with van der Waals surface area (Å²) in [4.78, 5) is 12.2. The number of aromatic nitrogens is 5. The number of halogens is 1. The van der Waals surface area contributed by atoms with E-state index < -0.39 is 0 Å². The van der Waals surface area contributed by atoms with E-state index in [2.05, 4.69) is 32.2 Å². The Morgan fingerprint density at radius 1 is 1.08 bits per heavy atom. The molecule has 7 heteroatoms. The van der Waals surface area contributed by atoms with Crippen molar-refractivity contribution in [3.05, 3.63) is 53.7 Å². The number of anilines is 1. The van der Waals surface area contributed by atoms with Crippen LogP contribution >= 0.6 is 11.6 Å². The summed E-state index contributed by atoms with van der Waals surface area (Å²) < 4.78 is 1.67. The predicted molar refractivity (Wildman–Crippen MR) is 97.4 cm³/mol. The first-order valence-corrected chi connectivity index (χ1v) is 8.52. The lowest BCUT2D eigenvalue weighted by molar-refractivity contribution is 0.945. The van der Waals surface area contributed by atoms with E-state index in [0.717, 1.165) is 28.3 Å². The van der Waals surface area contributed by atoms with Gasteiger partial charge in [-0.05, 0) is 18.4 Å². The SMILES string of the molecule is Nc1cc(Cl)nn2c(-c3ccc(-c4cnc(C5CC5)[nH]4)cc3)cnc12. The fraction of sp³-hybridized carbons (Fsp3) is 0.167. The second-order valence-electron chi connectivity index (χ2n) is 6.33. The van der Waals surface area contributed by atoms with Crippen LogP contribution in [0.1, 0.15) is 24.6 Å². The number of rotatable bonds is 3. The van der Waals surface area contributed by atoms with E-state index in [1.54, 1.807) is 16.8 Å². The van der Waals surface area contributed by atoms with Crippen LogP contribution in [-0.4, -0.2) is 24.6 Å². The zero-order valence-electron chi connectivity index (χ0n) is 13.3. The van der Waals surface area contributed by atoms with Crippen molar-refractivity contribution in [2.75, 3.05) is 5.73 Å². The standard InChI is InChI=1S/C18H15ClN6/c19-16-7-13(20)18-22-9-15(25(18)24-16)11-3-1-10(2-4-11)14-8-21-17(23-14)12-5-6-12/h1-4,7-9,12H,5-6,20H2,(H,21,23). The first kappa shape index (κ1) is 14.5. The summed E-state index contributed by atoms with van der Waals surface area (Å²) in [6.07, 6.45) is 6.13. The van der Waals surface area contributed by atoms with E-state index in [1.165, 1.54) is 12.8 Å². The fourth-order valence-corrected chi connectivity index (χ4v) is 3.22. The number of nitrogens with one attached hydrogen (secondary N) is 1. The molecule has 124 valence electrons. The second-order valence-corrected chi connectivity index (χ2v) is 6.72. The monoisotopic (exact) mass is 350 g/mol. The van der Waals surface area contributed by atoms with E-state index in [4.69, 9.17) is 17.3 Å². The molecule has 0 spiro atoms. The number of hydrogen-bond donors (Lipinski definition) is 2. The molecule has 0 amide bonds. The molecule has 0 bridgehead atoms. The maximum atomic E-state index is 6.03. The van der Waals surface area contributed by atoms with Gasteiger partial charge in [-0.25, -0.2) is 14.5 Å². The lowest BCUT2D eigenvalue weighted by Gasteiger charge is -2.04. The minimum Gasteiger partial charge on any atom is -0.396 e. The summed E-state index contributed by atoms with van der Waals surface area (Å²) >= 11 is 6.03. The van der Waals surface area contributed by atoms with Gasteiger partial charge in [0.2, 0.25) is 0 Å². The highest BCUT2D eigenvalue weighted by atomic mass is 35.5. The van der Waals surface area contributed by atoms with Gasteiger partial charge in [-0.1, -0.05) is 35.9 Å². The van der Waals surface area contributed by atoms with Crippen LogP contribution in [0, 0.1) is 0 Å². The van der Waals surface area contributed by atoms with Crippen LogP contribution in [0.2, 0.25) is 5.15 Å². The summed E-state index contributed by atoms with van der Waals surface area (Å²) in [5, 5.41) is 4.65. The maximum Gasteiger partial charge on any atom is 0.177 e. The Morgan fingerprint density at radius 3 is 2.60 bits per heavy atom. The minimum atomic E-state index is 0.339. The van der Waals surface area contributed by atoms with Crippen molar-refractivity contribution in [2.24, 2.45) is 0 Å². The lowest BCUT2D eigenvalue weighted by Crippen LogP contribution is -1.99. The maximum absolute atomic E-state index is 6.03. The Kier molecular flexibility index (Phi) is 3.08. The van der Waals surface area contributed by atoms with Gasteiger partial charge in [0.1, 0.15) is 5.82 Å². The predicted octanol–water partition coefficient (Wildman–Crippen LogP) is 3.90. The Balaban J connectivity index is 1.52. The van der Waals surface area contributed by atoms with E-state index in [9.17, 15) is 0 Å². The van der Waals surface area contributed by atoms with Crippen molar-refractivity contribution in [3.8, 4) is 22.5 Å². The zero-order valence-corrected chi connectivity index (χ0v) is 14.0. The van der Waals surface area contributed by atoms with Crippen molar-refractivity contribution in [1.82, 2.24) is 24.6 Å². The van der Waals surface area contributed by atoms with Gasteiger partial charge in [-0.3, -0.25) is 0 Å². The number of aromatic amines is 1. The van der Waals surface area contributed by atoms with Crippen molar-refractivity contribution in [3.63, 3.8) is 0 Å². The van der Waals surface area contributed by atoms with Gasteiger partial charge >= 0.3 is 0 Å². The first-order chi connectivity index (χ1) is 12.2. The molecule has 1 aliphatic rings. The average molecular weight is 351 g/mol.